The van der Waals surface area contributed by atoms with Gasteiger partial charge in [-0.2, -0.15) is 5.10 Å². The van der Waals surface area contributed by atoms with Gasteiger partial charge in [-0.05, 0) is 29.7 Å². The van der Waals surface area contributed by atoms with Crippen molar-refractivity contribution in [1.82, 2.24) is 25.5 Å². The molecule has 0 spiro atoms. The third-order valence-corrected chi connectivity index (χ3v) is 5.92. The van der Waals surface area contributed by atoms with E-state index in [9.17, 15) is 9.18 Å². The molecule has 3 heterocycles. The molecule has 1 fully saturated rings. The number of hydrogen-bond donors (Lipinski definition) is 2. The Morgan fingerprint density at radius 1 is 1.21 bits per heavy atom. The van der Waals surface area contributed by atoms with Crippen molar-refractivity contribution in [1.29, 1.82) is 0 Å². The summed E-state index contributed by atoms with van der Waals surface area (Å²) in [7, 11) is 3.34. The molecule has 1 saturated heterocycles. The summed E-state index contributed by atoms with van der Waals surface area (Å²) < 4.78 is 18.6. The summed E-state index contributed by atoms with van der Waals surface area (Å²) >= 11 is 0. The summed E-state index contributed by atoms with van der Waals surface area (Å²) in [5, 5.41) is 12.4. The van der Waals surface area contributed by atoms with Crippen LogP contribution in [0.5, 0.6) is 5.88 Å². The van der Waals surface area contributed by atoms with Gasteiger partial charge in [-0.25, -0.2) is 9.37 Å². The van der Waals surface area contributed by atoms with Crippen LogP contribution in [0.1, 0.15) is 18.2 Å². The zero-order valence-electron chi connectivity index (χ0n) is 19.1. The lowest BCUT2D eigenvalue weighted by atomic mass is 9.96. The second-order valence-corrected chi connectivity index (χ2v) is 8.39. The fourth-order valence-corrected chi connectivity index (χ4v) is 4.27. The fourth-order valence-electron chi connectivity index (χ4n) is 4.27. The highest BCUT2D eigenvalue weighted by Gasteiger charge is 2.37. The lowest BCUT2D eigenvalue weighted by Gasteiger charge is -2.30. The number of carbonyl (C=O) groups is 1. The first-order chi connectivity index (χ1) is 16.0. The molecule has 2 aliphatic rings. The summed E-state index contributed by atoms with van der Waals surface area (Å²) in [6.45, 7) is 4.86. The maximum absolute atomic E-state index is 13.3. The molecule has 0 unspecified atom stereocenters. The van der Waals surface area contributed by atoms with Gasteiger partial charge >= 0.3 is 0 Å². The Bertz CT molecular complexity index is 1060. The number of amides is 1. The number of methoxy groups -OCH3 is 1. The van der Waals surface area contributed by atoms with E-state index in [1.165, 1.54) is 12.1 Å². The van der Waals surface area contributed by atoms with Gasteiger partial charge in [0.05, 0.1) is 19.3 Å². The van der Waals surface area contributed by atoms with Gasteiger partial charge < -0.3 is 15.4 Å². The molecule has 1 aromatic carbocycles. The topological polar surface area (TPSA) is 82.1 Å². The van der Waals surface area contributed by atoms with Crippen molar-refractivity contribution in [2.45, 2.75) is 20.0 Å². The Labute approximate surface area is 193 Å². The number of halogens is 1. The fraction of sp³-hybridized carbons (Fsp3) is 0.375. The van der Waals surface area contributed by atoms with E-state index < -0.39 is 0 Å². The summed E-state index contributed by atoms with van der Waals surface area (Å²) in [6, 6.07) is 12.0. The molecule has 1 aromatic heterocycles. The van der Waals surface area contributed by atoms with E-state index in [-0.39, 0.29) is 17.6 Å². The molecule has 2 atom stereocenters. The molecule has 0 radical (unpaired) electrons. The number of aromatic nitrogens is 1. The molecule has 0 saturated carbocycles. The van der Waals surface area contributed by atoms with Crippen LogP contribution < -0.4 is 15.4 Å². The first-order valence-corrected chi connectivity index (χ1v) is 11.0. The van der Waals surface area contributed by atoms with Crippen molar-refractivity contribution in [3.8, 4) is 5.88 Å². The van der Waals surface area contributed by atoms with E-state index in [0.717, 1.165) is 24.3 Å². The van der Waals surface area contributed by atoms with Crippen LogP contribution in [0.3, 0.4) is 0 Å². The number of nitrogens with zero attached hydrogens (tertiary/aromatic N) is 4. The van der Waals surface area contributed by atoms with Crippen LogP contribution in [0.15, 0.2) is 59.5 Å². The van der Waals surface area contributed by atoms with Gasteiger partial charge in [0, 0.05) is 44.9 Å². The number of amidine groups is 1. The number of benzene rings is 1. The lowest BCUT2D eigenvalue weighted by Crippen LogP contribution is -2.47. The van der Waals surface area contributed by atoms with E-state index in [4.69, 9.17) is 9.84 Å². The van der Waals surface area contributed by atoms with Gasteiger partial charge in [-0.15, -0.1) is 0 Å². The summed E-state index contributed by atoms with van der Waals surface area (Å²) in [5.41, 5.74) is 2.21. The van der Waals surface area contributed by atoms with Gasteiger partial charge in [-0.3, -0.25) is 14.7 Å². The van der Waals surface area contributed by atoms with Gasteiger partial charge in [-0.1, -0.05) is 25.1 Å². The van der Waals surface area contributed by atoms with Crippen LogP contribution in [0, 0.1) is 17.7 Å². The van der Waals surface area contributed by atoms with E-state index >= 15 is 0 Å². The van der Waals surface area contributed by atoms with Crippen molar-refractivity contribution in [3.05, 3.63) is 71.4 Å². The normalized spacial score (nSPS) is 22.3. The molecule has 33 heavy (non-hydrogen) atoms. The Morgan fingerprint density at radius 2 is 2.00 bits per heavy atom. The highest BCUT2D eigenvalue weighted by atomic mass is 19.1. The summed E-state index contributed by atoms with van der Waals surface area (Å²) in [4.78, 5) is 19.7. The number of pyridine rings is 1. The average Bonchev–Trinajstić information content (AvgIpc) is 3.17. The maximum Gasteiger partial charge on any atom is 0.276 e. The number of hydrazone groups is 1. The monoisotopic (exact) mass is 452 g/mol. The van der Waals surface area contributed by atoms with Crippen molar-refractivity contribution in [2.75, 3.05) is 27.2 Å². The molecule has 2 aliphatic heterocycles. The van der Waals surface area contributed by atoms with Crippen LogP contribution in [-0.2, 0) is 17.9 Å². The van der Waals surface area contributed by atoms with Crippen LogP contribution in [0.2, 0.25) is 0 Å². The molecule has 1 amide bonds. The molecular formula is C24H29FN6O2. The largest absolute Gasteiger partial charge is 0.481 e. The number of hydrogen-bond acceptors (Lipinski definition) is 7. The zero-order valence-corrected chi connectivity index (χ0v) is 19.1. The highest BCUT2D eigenvalue weighted by molar-refractivity contribution is 6.08. The SMILES string of the molecule is CN/C=C1/C(=O)NC([C@H]2CN(Cc3cccc(OC)n3)C[C@H]2C)=NN1Cc1ccc(F)cc1. The number of rotatable bonds is 7. The Balaban J connectivity index is 1.52. The predicted octanol–water partition coefficient (Wildman–Crippen LogP) is 2.30. The second kappa shape index (κ2) is 9.99. The minimum absolute atomic E-state index is 0.0754. The zero-order chi connectivity index (χ0) is 23.4. The van der Waals surface area contributed by atoms with Crippen molar-refractivity contribution < 1.29 is 13.9 Å². The molecule has 2 N–H and O–H groups in total. The molecule has 0 bridgehead atoms. The van der Waals surface area contributed by atoms with Crippen LogP contribution in [0.4, 0.5) is 4.39 Å². The predicted molar refractivity (Wildman–Crippen MR) is 123 cm³/mol. The van der Waals surface area contributed by atoms with E-state index in [1.54, 1.807) is 37.5 Å². The molecule has 2 aromatic rings. The standard InChI is InChI=1S/C24H29FN6O2/c1-16-12-30(14-19-5-4-6-22(27-19)33-3)15-20(16)23-28-24(32)21(11-26-2)31(29-23)13-17-7-9-18(25)10-8-17/h4-11,16,20,26H,12-15H2,1-3H3,(H,28,29,32)/b21-11-/t16-,20+/m1/s1. The minimum atomic E-state index is -0.296. The molecular weight excluding hydrogens is 423 g/mol. The van der Waals surface area contributed by atoms with Gasteiger partial charge in [0.15, 0.2) is 0 Å². The smallest absolute Gasteiger partial charge is 0.276 e. The lowest BCUT2D eigenvalue weighted by molar-refractivity contribution is -0.118. The van der Waals surface area contributed by atoms with Crippen LogP contribution in [-0.4, -0.2) is 53.9 Å². The van der Waals surface area contributed by atoms with E-state index in [1.807, 2.05) is 18.2 Å². The number of likely N-dealkylation sites (tertiary alicyclic amines) is 1. The molecule has 174 valence electrons. The Kier molecular flexibility index (Phi) is 6.88. The van der Waals surface area contributed by atoms with Crippen molar-refractivity contribution >= 4 is 11.7 Å². The molecule has 9 heteroatoms. The molecule has 0 aliphatic carbocycles. The third-order valence-electron chi connectivity index (χ3n) is 5.92. The number of carbonyl (C=O) groups excluding carboxylic acids is 1. The quantitative estimate of drug-likeness (QED) is 0.628. The summed E-state index contributed by atoms with van der Waals surface area (Å²) in [6.07, 6.45) is 1.62. The Hall–Kier alpha value is -3.46. The minimum Gasteiger partial charge on any atom is -0.481 e. The first kappa shape index (κ1) is 22.7. The highest BCUT2D eigenvalue weighted by Crippen LogP contribution is 2.28. The van der Waals surface area contributed by atoms with Gasteiger partial charge in [0.2, 0.25) is 5.88 Å². The number of ether oxygens (including phenoxy) is 1. The van der Waals surface area contributed by atoms with E-state index in [2.05, 4.69) is 27.4 Å². The molecule has 4 rings (SSSR count). The first-order valence-electron chi connectivity index (χ1n) is 11.0. The van der Waals surface area contributed by atoms with E-state index in [0.29, 0.717) is 36.4 Å². The van der Waals surface area contributed by atoms with Crippen LogP contribution in [0.25, 0.3) is 0 Å². The average molecular weight is 453 g/mol. The Morgan fingerprint density at radius 3 is 2.73 bits per heavy atom. The van der Waals surface area contributed by atoms with Gasteiger partial charge in [0.25, 0.3) is 5.91 Å². The molecule has 8 nitrogen and oxygen atoms in total. The van der Waals surface area contributed by atoms with Crippen LogP contribution >= 0.6 is 0 Å². The van der Waals surface area contributed by atoms with Crippen molar-refractivity contribution in [2.24, 2.45) is 16.9 Å². The van der Waals surface area contributed by atoms with Crippen molar-refractivity contribution in [3.63, 3.8) is 0 Å². The second-order valence-electron chi connectivity index (χ2n) is 8.39. The maximum atomic E-state index is 13.3. The van der Waals surface area contributed by atoms with Gasteiger partial charge in [0.1, 0.15) is 17.3 Å². The summed E-state index contributed by atoms with van der Waals surface area (Å²) in [5.74, 6) is 1.13. The number of nitrogens with one attached hydrogen (secondary N) is 2. The third kappa shape index (κ3) is 5.31.